The van der Waals surface area contributed by atoms with Gasteiger partial charge in [0, 0.05) is 24.1 Å². The fraction of sp³-hybridized carbons (Fsp3) is 0.571. The van der Waals surface area contributed by atoms with Gasteiger partial charge in [0.25, 0.3) is 0 Å². The van der Waals surface area contributed by atoms with Gasteiger partial charge in [-0.3, -0.25) is 0 Å². The van der Waals surface area contributed by atoms with E-state index in [1.54, 1.807) is 7.11 Å². The number of methoxy groups -OCH3 is 1. The molecule has 0 aliphatic rings. The standard InChI is InChI=1S/C14H23BrN2O2/c1-17(2)7-9-19-8-6-16-11-12-10-13(18-3)4-5-14(12)15/h4-5,10,16H,6-9,11H2,1-3H3. The van der Waals surface area contributed by atoms with Crippen LogP contribution in [0.2, 0.25) is 0 Å². The quantitative estimate of drug-likeness (QED) is 0.703. The molecule has 0 amide bonds. The molecule has 0 radical (unpaired) electrons. The van der Waals surface area contributed by atoms with Gasteiger partial charge in [-0.1, -0.05) is 15.9 Å². The van der Waals surface area contributed by atoms with Crippen LogP contribution in [-0.4, -0.2) is 52.4 Å². The summed E-state index contributed by atoms with van der Waals surface area (Å²) >= 11 is 3.54. The van der Waals surface area contributed by atoms with Crippen LogP contribution in [0.4, 0.5) is 0 Å². The normalized spacial score (nSPS) is 11.0. The highest BCUT2D eigenvalue weighted by atomic mass is 79.9. The monoisotopic (exact) mass is 330 g/mol. The Kier molecular flexibility index (Phi) is 8.05. The first kappa shape index (κ1) is 16.4. The highest BCUT2D eigenvalue weighted by molar-refractivity contribution is 9.10. The van der Waals surface area contributed by atoms with Crippen molar-refractivity contribution in [2.75, 3.05) is 47.5 Å². The van der Waals surface area contributed by atoms with Crippen LogP contribution < -0.4 is 10.1 Å². The van der Waals surface area contributed by atoms with Crippen LogP contribution in [0.3, 0.4) is 0 Å². The fourth-order valence-electron chi connectivity index (χ4n) is 1.53. The molecular formula is C14H23BrN2O2. The molecule has 0 heterocycles. The van der Waals surface area contributed by atoms with E-state index in [4.69, 9.17) is 9.47 Å². The Morgan fingerprint density at radius 3 is 2.74 bits per heavy atom. The number of hydrogen-bond donors (Lipinski definition) is 1. The average molecular weight is 331 g/mol. The molecule has 0 atom stereocenters. The number of halogens is 1. The smallest absolute Gasteiger partial charge is 0.119 e. The highest BCUT2D eigenvalue weighted by Gasteiger charge is 2.01. The van der Waals surface area contributed by atoms with Crippen LogP contribution in [0.15, 0.2) is 22.7 Å². The molecule has 4 nitrogen and oxygen atoms in total. The second-order valence-corrected chi connectivity index (χ2v) is 5.40. The Balaban J connectivity index is 2.18. The summed E-state index contributed by atoms with van der Waals surface area (Å²) in [5, 5.41) is 3.36. The summed E-state index contributed by atoms with van der Waals surface area (Å²) in [6, 6.07) is 5.98. The number of nitrogens with one attached hydrogen (secondary N) is 1. The van der Waals surface area contributed by atoms with Crippen molar-refractivity contribution in [3.63, 3.8) is 0 Å². The van der Waals surface area contributed by atoms with Gasteiger partial charge in [0.1, 0.15) is 5.75 Å². The van der Waals surface area contributed by atoms with Gasteiger partial charge in [-0.25, -0.2) is 0 Å². The minimum Gasteiger partial charge on any atom is -0.497 e. The third-order valence-corrected chi connectivity index (χ3v) is 3.45. The average Bonchev–Trinajstić information content (AvgIpc) is 2.39. The van der Waals surface area contributed by atoms with Gasteiger partial charge in [0.15, 0.2) is 0 Å². The Bertz CT molecular complexity index is 372. The van der Waals surface area contributed by atoms with E-state index in [0.29, 0.717) is 0 Å². The summed E-state index contributed by atoms with van der Waals surface area (Å²) in [6.07, 6.45) is 0. The summed E-state index contributed by atoms with van der Waals surface area (Å²) in [7, 11) is 5.77. The van der Waals surface area contributed by atoms with E-state index in [-0.39, 0.29) is 0 Å². The third-order valence-electron chi connectivity index (χ3n) is 2.67. The lowest BCUT2D eigenvalue weighted by atomic mass is 10.2. The Hall–Kier alpha value is -0.620. The second kappa shape index (κ2) is 9.31. The summed E-state index contributed by atoms with van der Waals surface area (Å²) in [5.74, 6) is 0.877. The van der Waals surface area contributed by atoms with Gasteiger partial charge >= 0.3 is 0 Å². The van der Waals surface area contributed by atoms with Crippen LogP contribution in [-0.2, 0) is 11.3 Å². The van der Waals surface area contributed by atoms with Crippen LogP contribution in [0.1, 0.15) is 5.56 Å². The zero-order chi connectivity index (χ0) is 14.1. The van der Waals surface area contributed by atoms with Gasteiger partial charge < -0.3 is 19.7 Å². The molecule has 1 N–H and O–H groups in total. The minimum absolute atomic E-state index is 0.732. The first-order valence-electron chi connectivity index (χ1n) is 6.39. The van der Waals surface area contributed by atoms with Gasteiger partial charge in [0.2, 0.25) is 0 Å². The maximum Gasteiger partial charge on any atom is 0.119 e. The molecule has 1 aromatic rings. The van der Waals surface area contributed by atoms with Crippen molar-refractivity contribution >= 4 is 15.9 Å². The topological polar surface area (TPSA) is 33.7 Å². The van der Waals surface area contributed by atoms with Gasteiger partial charge in [0.05, 0.1) is 20.3 Å². The molecule has 0 aromatic heterocycles. The van der Waals surface area contributed by atoms with Crippen molar-refractivity contribution in [3.05, 3.63) is 28.2 Å². The molecule has 0 unspecified atom stereocenters. The van der Waals surface area contributed by atoms with Crippen molar-refractivity contribution in [1.29, 1.82) is 0 Å². The maximum absolute atomic E-state index is 5.52. The predicted molar refractivity (Wildman–Crippen MR) is 81.8 cm³/mol. The molecule has 0 saturated heterocycles. The van der Waals surface area contributed by atoms with Crippen molar-refractivity contribution in [3.8, 4) is 5.75 Å². The molecule has 0 aliphatic carbocycles. The second-order valence-electron chi connectivity index (χ2n) is 4.55. The largest absolute Gasteiger partial charge is 0.497 e. The molecule has 1 rings (SSSR count). The molecule has 0 spiro atoms. The van der Waals surface area contributed by atoms with E-state index in [0.717, 1.165) is 43.1 Å². The van der Waals surface area contributed by atoms with E-state index in [1.807, 2.05) is 32.3 Å². The minimum atomic E-state index is 0.732. The number of nitrogens with zero attached hydrogens (tertiary/aromatic N) is 1. The first-order valence-corrected chi connectivity index (χ1v) is 7.18. The maximum atomic E-state index is 5.52. The Morgan fingerprint density at radius 1 is 1.26 bits per heavy atom. The Morgan fingerprint density at radius 2 is 2.05 bits per heavy atom. The van der Waals surface area contributed by atoms with E-state index in [9.17, 15) is 0 Å². The van der Waals surface area contributed by atoms with Crippen LogP contribution in [0.5, 0.6) is 5.75 Å². The summed E-state index contributed by atoms with van der Waals surface area (Å²) in [6.45, 7) is 4.11. The van der Waals surface area contributed by atoms with Crippen molar-refractivity contribution in [2.24, 2.45) is 0 Å². The molecule has 5 heteroatoms. The number of hydrogen-bond acceptors (Lipinski definition) is 4. The van der Waals surface area contributed by atoms with Crippen LogP contribution in [0, 0.1) is 0 Å². The number of benzene rings is 1. The fourth-order valence-corrected chi connectivity index (χ4v) is 1.92. The van der Waals surface area contributed by atoms with Gasteiger partial charge in [-0.2, -0.15) is 0 Å². The van der Waals surface area contributed by atoms with E-state index in [2.05, 4.69) is 26.1 Å². The van der Waals surface area contributed by atoms with E-state index in [1.165, 1.54) is 5.56 Å². The lowest BCUT2D eigenvalue weighted by Gasteiger charge is -2.11. The number of rotatable bonds is 9. The Labute approximate surface area is 124 Å². The third kappa shape index (κ3) is 6.92. The predicted octanol–water partition coefficient (Wildman–Crippen LogP) is 2.13. The molecule has 1 aromatic carbocycles. The lowest BCUT2D eigenvalue weighted by molar-refractivity contribution is 0.119. The first-order chi connectivity index (χ1) is 9.13. The summed E-state index contributed by atoms with van der Waals surface area (Å²) in [5.41, 5.74) is 1.19. The summed E-state index contributed by atoms with van der Waals surface area (Å²) in [4.78, 5) is 2.11. The van der Waals surface area contributed by atoms with Crippen molar-refractivity contribution in [2.45, 2.75) is 6.54 Å². The van der Waals surface area contributed by atoms with Gasteiger partial charge in [-0.15, -0.1) is 0 Å². The van der Waals surface area contributed by atoms with Crippen molar-refractivity contribution < 1.29 is 9.47 Å². The van der Waals surface area contributed by atoms with Crippen LogP contribution in [0.25, 0.3) is 0 Å². The molecule has 19 heavy (non-hydrogen) atoms. The summed E-state index contributed by atoms with van der Waals surface area (Å²) < 4.78 is 11.8. The molecule has 108 valence electrons. The van der Waals surface area contributed by atoms with E-state index >= 15 is 0 Å². The van der Waals surface area contributed by atoms with E-state index < -0.39 is 0 Å². The van der Waals surface area contributed by atoms with Gasteiger partial charge in [-0.05, 0) is 37.9 Å². The molecular weight excluding hydrogens is 308 g/mol. The van der Waals surface area contributed by atoms with Crippen molar-refractivity contribution in [1.82, 2.24) is 10.2 Å². The molecule has 0 fully saturated rings. The zero-order valence-electron chi connectivity index (χ0n) is 11.9. The number of likely N-dealkylation sites (N-methyl/N-ethyl adjacent to an activating group) is 1. The number of ether oxygens (including phenoxy) is 2. The zero-order valence-corrected chi connectivity index (χ0v) is 13.5. The SMILES string of the molecule is COc1ccc(Br)c(CNCCOCCN(C)C)c1. The molecule has 0 saturated carbocycles. The molecule has 0 aliphatic heterocycles. The lowest BCUT2D eigenvalue weighted by Crippen LogP contribution is -2.23. The highest BCUT2D eigenvalue weighted by Crippen LogP contribution is 2.22. The van der Waals surface area contributed by atoms with Crippen LogP contribution >= 0.6 is 15.9 Å². The molecule has 0 bridgehead atoms.